The number of urea groups is 1. The zero-order valence-corrected chi connectivity index (χ0v) is 14.5. The van der Waals surface area contributed by atoms with E-state index < -0.39 is 17.5 Å². The molecule has 4 amide bonds. The van der Waals surface area contributed by atoms with E-state index in [2.05, 4.69) is 10.6 Å². The Morgan fingerprint density at radius 3 is 2.56 bits per heavy atom. The number of carbonyl (C=O) groups excluding carboxylic acids is 3. The normalized spacial score (nSPS) is 27.6. The summed E-state index contributed by atoms with van der Waals surface area (Å²) in [5.41, 5.74) is 6.09. The molecule has 2 heterocycles. The Labute approximate surface area is 146 Å². The lowest BCUT2D eigenvalue weighted by molar-refractivity contribution is -0.123. The number of likely N-dealkylation sites (tertiary alicyclic amines) is 1. The first-order valence-corrected chi connectivity index (χ1v) is 8.60. The average molecular weight is 344 g/mol. The van der Waals surface area contributed by atoms with Crippen molar-refractivity contribution < 1.29 is 14.4 Å². The molecule has 0 aromatic heterocycles. The molecule has 0 radical (unpaired) electrons. The van der Waals surface area contributed by atoms with Crippen LogP contribution in [0.4, 0.5) is 4.79 Å². The highest BCUT2D eigenvalue weighted by Crippen LogP contribution is 2.26. The van der Waals surface area contributed by atoms with Gasteiger partial charge in [-0.25, -0.2) is 4.79 Å². The number of rotatable bonds is 3. The molecule has 0 bridgehead atoms. The molecule has 0 aliphatic carbocycles. The van der Waals surface area contributed by atoms with Crippen molar-refractivity contribution in [2.75, 3.05) is 13.1 Å². The smallest absolute Gasteiger partial charge is 0.322 e. The molecule has 4 N–H and O–H groups in total. The minimum Gasteiger partial charge on any atom is -0.338 e. The summed E-state index contributed by atoms with van der Waals surface area (Å²) in [5.74, 6) is -0.0948. The number of nitrogens with two attached hydrogens (primary N) is 1. The van der Waals surface area contributed by atoms with E-state index >= 15 is 0 Å². The molecule has 2 saturated heterocycles. The molecule has 0 unspecified atom stereocenters. The SMILES string of the molecule is C[C@H](N)[C@@H]1CCCN(C(=O)c2ccc([C@]3(C)NC(=O)NC3=O)cc2)C1. The summed E-state index contributed by atoms with van der Waals surface area (Å²) >= 11 is 0. The lowest BCUT2D eigenvalue weighted by atomic mass is 9.90. The van der Waals surface area contributed by atoms with Gasteiger partial charge in [-0.2, -0.15) is 0 Å². The third kappa shape index (κ3) is 3.24. The highest BCUT2D eigenvalue weighted by molar-refractivity contribution is 6.07. The molecule has 2 fully saturated rings. The van der Waals surface area contributed by atoms with Crippen LogP contribution < -0.4 is 16.4 Å². The predicted molar refractivity (Wildman–Crippen MR) is 92.7 cm³/mol. The lowest BCUT2D eigenvalue weighted by Gasteiger charge is -2.34. The summed E-state index contributed by atoms with van der Waals surface area (Å²) in [6.45, 7) is 5.03. The summed E-state index contributed by atoms with van der Waals surface area (Å²) in [6, 6.07) is 6.40. The van der Waals surface area contributed by atoms with Crippen molar-refractivity contribution in [3.8, 4) is 0 Å². The van der Waals surface area contributed by atoms with Crippen LogP contribution in [-0.2, 0) is 10.3 Å². The van der Waals surface area contributed by atoms with Gasteiger partial charge in [0.25, 0.3) is 11.8 Å². The van der Waals surface area contributed by atoms with E-state index in [1.54, 1.807) is 31.2 Å². The molecule has 0 spiro atoms. The third-order valence-corrected chi connectivity index (χ3v) is 5.24. The van der Waals surface area contributed by atoms with Crippen molar-refractivity contribution in [1.82, 2.24) is 15.5 Å². The molecule has 1 aromatic carbocycles. The summed E-state index contributed by atoms with van der Waals surface area (Å²) in [5, 5.41) is 4.85. The fourth-order valence-corrected chi connectivity index (χ4v) is 3.50. The highest BCUT2D eigenvalue weighted by Gasteiger charge is 2.43. The second-order valence-electron chi connectivity index (χ2n) is 7.12. The van der Waals surface area contributed by atoms with Gasteiger partial charge in [0, 0.05) is 24.7 Å². The monoisotopic (exact) mass is 344 g/mol. The van der Waals surface area contributed by atoms with Crippen LogP contribution in [-0.4, -0.2) is 41.9 Å². The number of piperidine rings is 1. The molecule has 2 aliphatic heterocycles. The maximum absolute atomic E-state index is 12.7. The van der Waals surface area contributed by atoms with Crippen molar-refractivity contribution in [2.45, 2.75) is 38.3 Å². The summed E-state index contributed by atoms with van der Waals surface area (Å²) < 4.78 is 0. The molecular formula is C18H24N4O3. The van der Waals surface area contributed by atoms with Gasteiger partial charge in [0.1, 0.15) is 5.54 Å². The minimum absolute atomic E-state index is 0.0260. The maximum Gasteiger partial charge on any atom is 0.322 e. The standard InChI is InChI=1S/C18H24N4O3/c1-11(19)13-4-3-9-22(10-13)15(23)12-5-7-14(8-6-12)18(2)16(24)20-17(25)21-18/h5-8,11,13H,3-4,9-10,19H2,1-2H3,(H2,20,21,24,25)/t11-,13+,18-/m0/s1. The predicted octanol–water partition coefficient (Wildman–Crippen LogP) is 0.941. The Balaban J connectivity index is 1.75. The van der Waals surface area contributed by atoms with E-state index in [-0.39, 0.29) is 11.9 Å². The Morgan fingerprint density at radius 1 is 1.32 bits per heavy atom. The zero-order chi connectivity index (χ0) is 18.2. The number of carbonyl (C=O) groups is 3. The van der Waals surface area contributed by atoms with Crippen molar-refractivity contribution in [2.24, 2.45) is 11.7 Å². The fraction of sp³-hybridized carbons (Fsp3) is 0.500. The summed E-state index contributed by atoms with van der Waals surface area (Å²) in [4.78, 5) is 38.0. The fourth-order valence-electron chi connectivity index (χ4n) is 3.50. The number of imide groups is 1. The van der Waals surface area contributed by atoms with Crippen LogP contribution in [0.1, 0.15) is 42.6 Å². The van der Waals surface area contributed by atoms with E-state index in [9.17, 15) is 14.4 Å². The Hall–Kier alpha value is -2.41. The number of amides is 4. The molecule has 0 saturated carbocycles. The van der Waals surface area contributed by atoms with Gasteiger partial charge in [-0.05, 0) is 50.3 Å². The maximum atomic E-state index is 12.7. The topological polar surface area (TPSA) is 105 Å². The quantitative estimate of drug-likeness (QED) is 0.710. The molecule has 7 nitrogen and oxygen atoms in total. The van der Waals surface area contributed by atoms with Crippen molar-refractivity contribution in [3.05, 3.63) is 35.4 Å². The number of hydrogen-bond acceptors (Lipinski definition) is 4. The van der Waals surface area contributed by atoms with Crippen molar-refractivity contribution >= 4 is 17.8 Å². The van der Waals surface area contributed by atoms with Gasteiger partial charge in [0.05, 0.1) is 0 Å². The van der Waals surface area contributed by atoms with E-state index in [1.165, 1.54) is 0 Å². The van der Waals surface area contributed by atoms with E-state index in [0.29, 0.717) is 23.6 Å². The number of nitrogens with zero attached hydrogens (tertiary/aromatic N) is 1. The van der Waals surface area contributed by atoms with Crippen LogP contribution >= 0.6 is 0 Å². The van der Waals surface area contributed by atoms with Crippen LogP contribution in [0.3, 0.4) is 0 Å². The van der Waals surface area contributed by atoms with Gasteiger partial charge < -0.3 is 16.0 Å². The van der Waals surface area contributed by atoms with Crippen molar-refractivity contribution in [1.29, 1.82) is 0 Å². The largest absolute Gasteiger partial charge is 0.338 e. The number of benzene rings is 1. The molecule has 2 aliphatic rings. The first-order valence-electron chi connectivity index (χ1n) is 8.60. The molecule has 25 heavy (non-hydrogen) atoms. The Morgan fingerprint density at radius 2 is 2.00 bits per heavy atom. The minimum atomic E-state index is -1.11. The molecule has 134 valence electrons. The second-order valence-corrected chi connectivity index (χ2v) is 7.12. The summed E-state index contributed by atoms with van der Waals surface area (Å²) in [6.07, 6.45) is 2.01. The third-order valence-electron chi connectivity index (χ3n) is 5.24. The molecule has 7 heteroatoms. The number of hydrogen-bond donors (Lipinski definition) is 3. The average Bonchev–Trinajstić information content (AvgIpc) is 2.87. The van der Waals surface area contributed by atoms with Crippen LogP contribution in [0.25, 0.3) is 0 Å². The zero-order valence-electron chi connectivity index (χ0n) is 14.5. The molecule has 3 atom stereocenters. The van der Waals surface area contributed by atoms with E-state index in [0.717, 1.165) is 19.4 Å². The molecule has 3 rings (SSSR count). The van der Waals surface area contributed by atoms with Gasteiger partial charge in [-0.3, -0.25) is 14.9 Å². The Kier molecular flexibility index (Phi) is 4.51. The van der Waals surface area contributed by atoms with Gasteiger partial charge >= 0.3 is 6.03 Å². The van der Waals surface area contributed by atoms with Crippen LogP contribution in [0.2, 0.25) is 0 Å². The summed E-state index contributed by atoms with van der Waals surface area (Å²) in [7, 11) is 0. The first-order chi connectivity index (χ1) is 11.8. The van der Waals surface area contributed by atoms with E-state index in [4.69, 9.17) is 5.73 Å². The van der Waals surface area contributed by atoms with E-state index in [1.807, 2.05) is 11.8 Å². The molecule has 1 aromatic rings. The van der Waals surface area contributed by atoms with Crippen LogP contribution in [0.5, 0.6) is 0 Å². The lowest BCUT2D eigenvalue weighted by Crippen LogP contribution is -2.45. The number of nitrogens with one attached hydrogen (secondary N) is 2. The van der Waals surface area contributed by atoms with Crippen LogP contribution in [0, 0.1) is 5.92 Å². The van der Waals surface area contributed by atoms with Gasteiger partial charge in [-0.1, -0.05) is 12.1 Å². The Bertz CT molecular complexity index is 701. The van der Waals surface area contributed by atoms with Gasteiger partial charge in [-0.15, -0.1) is 0 Å². The van der Waals surface area contributed by atoms with Crippen LogP contribution in [0.15, 0.2) is 24.3 Å². The van der Waals surface area contributed by atoms with Crippen molar-refractivity contribution in [3.63, 3.8) is 0 Å². The van der Waals surface area contributed by atoms with Gasteiger partial charge in [0.15, 0.2) is 0 Å². The highest BCUT2D eigenvalue weighted by atomic mass is 16.2. The molecular weight excluding hydrogens is 320 g/mol. The first kappa shape index (κ1) is 17.4. The van der Waals surface area contributed by atoms with Gasteiger partial charge in [0.2, 0.25) is 0 Å². The second kappa shape index (κ2) is 6.48.